The van der Waals surface area contributed by atoms with E-state index >= 15 is 0 Å². The van der Waals surface area contributed by atoms with Crippen LogP contribution in [0.15, 0.2) is 24.3 Å². The summed E-state index contributed by atoms with van der Waals surface area (Å²) in [5.41, 5.74) is 1.50. The number of nitrogens with one attached hydrogen (secondary N) is 1. The minimum atomic E-state index is -0.0858. The van der Waals surface area contributed by atoms with Crippen LogP contribution in [0.4, 0.5) is 11.4 Å². The molecule has 2 heterocycles. The van der Waals surface area contributed by atoms with Crippen LogP contribution in [0.5, 0.6) is 0 Å². The zero-order chi connectivity index (χ0) is 13.9. The molecule has 1 N–H and O–H groups in total. The van der Waals surface area contributed by atoms with Crippen LogP contribution in [0.1, 0.15) is 19.3 Å². The number of amides is 2. The molecule has 1 atom stereocenters. The van der Waals surface area contributed by atoms with Crippen LogP contribution in [0, 0.1) is 5.92 Å². The van der Waals surface area contributed by atoms with Gasteiger partial charge < -0.3 is 15.0 Å². The van der Waals surface area contributed by atoms with Crippen LogP contribution in [-0.2, 0) is 14.3 Å². The van der Waals surface area contributed by atoms with Crippen LogP contribution in [0.3, 0.4) is 0 Å². The summed E-state index contributed by atoms with van der Waals surface area (Å²) in [4.78, 5) is 25.8. The summed E-state index contributed by atoms with van der Waals surface area (Å²) in [5, 5.41) is 2.94. The van der Waals surface area contributed by atoms with E-state index < -0.39 is 0 Å². The Morgan fingerprint density at radius 1 is 1.35 bits per heavy atom. The van der Waals surface area contributed by atoms with Gasteiger partial charge in [0.15, 0.2) is 0 Å². The number of hydrogen-bond acceptors (Lipinski definition) is 3. The van der Waals surface area contributed by atoms with Gasteiger partial charge in [0.1, 0.15) is 0 Å². The lowest BCUT2D eigenvalue weighted by atomic mass is 10.1. The Morgan fingerprint density at radius 2 is 2.20 bits per heavy atom. The average Bonchev–Trinajstić information content (AvgIpc) is 3.10. The third-order valence-corrected chi connectivity index (χ3v) is 3.83. The average molecular weight is 274 g/mol. The molecule has 3 rings (SSSR count). The van der Waals surface area contributed by atoms with E-state index in [-0.39, 0.29) is 17.7 Å². The lowest BCUT2D eigenvalue weighted by Gasteiger charge is -2.20. The second-order valence-electron chi connectivity index (χ2n) is 5.22. The molecule has 0 bridgehead atoms. The third-order valence-electron chi connectivity index (χ3n) is 3.83. The van der Waals surface area contributed by atoms with Crippen molar-refractivity contribution in [2.24, 2.45) is 5.92 Å². The van der Waals surface area contributed by atoms with Gasteiger partial charge in [0.05, 0.1) is 23.9 Å². The Hall–Kier alpha value is -1.88. The molecule has 1 aromatic rings. The monoisotopic (exact) mass is 274 g/mol. The second kappa shape index (κ2) is 5.63. The SMILES string of the molecule is O=C(Nc1ccccc1N1CCCC1=O)[C@@H]1CCOC1. The van der Waals surface area contributed by atoms with Crippen molar-refractivity contribution in [2.45, 2.75) is 19.3 Å². The Labute approximate surface area is 117 Å². The highest BCUT2D eigenvalue weighted by Gasteiger charge is 2.27. The number of carbonyl (C=O) groups is 2. The molecule has 0 unspecified atom stereocenters. The second-order valence-corrected chi connectivity index (χ2v) is 5.22. The number of anilines is 2. The topological polar surface area (TPSA) is 58.6 Å². The van der Waals surface area contributed by atoms with Gasteiger partial charge in [-0.15, -0.1) is 0 Å². The summed E-state index contributed by atoms with van der Waals surface area (Å²) in [6.45, 7) is 1.85. The van der Waals surface area contributed by atoms with Crippen molar-refractivity contribution < 1.29 is 14.3 Å². The van der Waals surface area contributed by atoms with Crippen LogP contribution in [0.2, 0.25) is 0 Å². The van der Waals surface area contributed by atoms with Gasteiger partial charge in [-0.05, 0) is 25.0 Å². The summed E-state index contributed by atoms with van der Waals surface area (Å²) in [7, 11) is 0. The molecule has 2 fully saturated rings. The van der Waals surface area contributed by atoms with Crippen molar-refractivity contribution in [3.05, 3.63) is 24.3 Å². The number of ether oxygens (including phenoxy) is 1. The van der Waals surface area contributed by atoms with Gasteiger partial charge in [-0.2, -0.15) is 0 Å². The van der Waals surface area contributed by atoms with Crippen LogP contribution in [-0.4, -0.2) is 31.6 Å². The van der Waals surface area contributed by atoms with E-state index in [9.17, 15) is 9.59 Å². The molecule has 2 saturated heterocycles. The van der Waals surface area contributed by atoms with Gasteiger partial charge in [-0.1, -0.05) is 12.1 Å². The van der Waals surface area contributed by atoms with Gasteiger partial charge >= 0.3 is 0 Å². The Bertz CT molecular complexity index is 524. The first-order valence-corrected chi connectivity index (χ1v) is 7.04. The quantitative estimate of drug-likeness (QED) is 0.914. The molecule has 2 amide bonds. The molecule has 1 aromatic carbocycles. The Balaban J connectivity index is 1.79. The van der Waals surface area contributed by atoms with Gasteiger partial charge in [-0.25, -0.2) is 0 Å². The molecular weight excluding hydrogens is 256 g/mol. The van der Waals surface area contributed by atoms with Crippen molar-refractivity contribution in [3.8, 4) is 0 Å². The summed E-state index contributed by atoms with van der Waals surface area (Å²) in [5.74, 6) is 0.00910. The van der Waals surface area contributed by atoms with Crippen molar-refractivity contribution in [3.63, 3.8) is 0 Å². The van der Waals surface area contributed by atoms with E-state index in [1.807, 2.05) is 24.3 Å². The first-order valence-electron chi connectivity index (χ1n) is 7.04. The smallest absolute Gasteiger partial charge is 0.229 e. The highest BCUT2D eigenvalue weighted by atomic mass is 16.5. The van der Waals surface area contributed by atoms with Crippen LogP contribution < -0.4 is 10.2 Å². The van der Waals surface area contributed by atoms with E-state index in [1.54, 1.807) is 4.90 Å². The van der Waals surface area contributed by atoms with E-state index in [1.165, 1.54) is 0 Å². The highest BCUT2D eigenvalue weighted by Crippen LogP contribution is 2.30. The zero-order valence-electron chi connectivity index (χ0n) is 11.3. The standard InChI is InChI=1S/C15H18N2O3/c18-14-6-3-8-17(14)13-5-2-1-4-12(13)16-15(19)11-7-9-20-10-11/h1-2,4-5,11H,3,6-10H2,(H,16,19)/t11-/m1/s1. The number of nitrogens with zero attached hydrogens (tertiary/aromatic N) is 1. The predicted molar refractivity (Wildman–Crippen MR) is 75.6 cm³/mol. The molecule has 0 saturated carbocycles. The van der Waals surface area contributed by atoms with E-state index in [2.05, 4.69) is 5.32 Å². The molecule has 2 aliphatic heterocycles. The molecule has 0 aromatic heterocycles. The van der Waals surface area contributed by atoms with Gasteiger partial charge in [0.2, 0.25) is 11.8 Å². The molecule has 2 aliphatic rings. The van der Waals surface area contributed by atoms with E-state index in [4.69, 9.17) is 4.74 Å². The van der Waals surface area contributed by atoms with E-state index in [0.717, 1.165) is 25.1 Å². The number of hydrogen-bond donors (Lipinski definition) is 1. The lowest BCUT2D eigenvalue weighted by molar-refractivity contribution is -0.120. The number of rotatable bonds is 3. The summed E-state index contributed by atoms with van der Waals surface area (Å²) in [6.07, 6.45) is 2.22. The number of para-hydroxylation sites is 2. The Kier molecular flexibility index (Phi) is 3.69. The fraction of sp³-hybridized carbons (Fsp3) is 0.467. The van der Waals surface area contributed by atoms with Crippen molar-refractivity contribution in [1.29, 1.82) is 0 Å². The molecular formula is C15H18N2O3. The normalized spacial score (nSPS) is 22.3. The maximum absolute atomic E-state index is 12.2. The van der Waals surface area contributed by atoms with Crippen molar-refractivity contribution in [1.82, 2.24) is 0 Å². The summed E-state index contributed by atoms with van der Waals surface area (Å²) < 4.78 is 5.24. The maximum atomic E-state index is 12.2. The molecule has 5 heteroatoms. The van der Waals surface area contributed by atoms with Crippen LogP contribution >= 0.6 is 0 Å². The lowest BCUT2D eigenvalue weighted by Crippen LogP contribution is -2.27. The largest absolute Gasteiger partial charge is 0.381 e. The van der Waals surface area contributed by atoms with Crippen molar-refractivity contribution in [2.75, 3.05) is 30.0 Å². The predicted octanol–water partition coefficient (Wildman–Crippen LogP) is 1.79. The van der Waals surface area contributed by atoms with Gasteiger partial charge in [0, 0.05) is 19.6 Å². The molecule has 5 nitrogen and oxygen atoms in total. The van der Waals surface area contributed by atoms with Gasteiger partial charge in [0.25, 0.3) is 0 Å². The highest BCUT2D eigenvalue weighted by molar-refractivity contribution is 6.02. The molecule has 0 radical (unpaired) electrons. The van der Waals surface area contributed by atoms with Crippen molar-refractivity contribution >= 4 is 23.2 Å². The van der Waals surface area contributed by atoms with Gasteiger partial charge in [-0.3, -0.25) is 9.59 Å². The molecule has 0 aliphatic carbocycles. The number of carbonyl (C=O) groups excluding carboxylic acids is 2. The fourth-order valence-corrected chi connectivity index (χ4v) is 2.69. The maximum Gasteiger partial charge on any atom is 0.229 e. The molecule has 106 valence electrons. The minimum absolute atomic E-state index is 0.0263. The Morgan fingerprint density at radius 3 is 2.90 bits per heavy atom. The fourth-order valence-electron chi connectivity index (χ4n) is 2.69. The summed E-state index contributed by atoms with van der Waals surface area (Å²) in [6, 6.07) is 7.47. The first-order chi connectivity index (χ1) is 9.75. The van der Waals surface area contributed by atoms with E-state index in [0.29, 0.717) is 25.3 Å². The summed E-state index contributed by atoms with van der Waals surface area (Å²) >= 11 is 0. The zero-order valence-corrected chi connectivity index (χ0v) is 11.3. The molecule has 0 spiro atoms. The van der Waals surface area contributed by atoms with Crippen LogP contribution in [0.25, 0.3) is 0 Å². The first kappa shape index (κ1) is 13.1. The molecule has 20 heavy (non-hydrogen) atoms. The minimum Gasteiger partial charge on any atom is -0.381 e. The number of benzene rings is 1. The third kappa shape index (κ3) is 2.54.